The van der Waals surface area contributed by atoms with E-state index in [9.17, 15) is 4.79 Å². The van der Waals surface area contributed by atoms with E-state index in [2.05, 4.69) is 31.7 Å². The fourth-order valence-electron chi connectivity index (χ4n) is 3.02. The van der Waals surface area contributed by atoms with Gasteiger partial charge in [-0.2, -0.15) is 0 Å². The number of nitrogens with zero attached hydrogens (tertiary/aromatic N) is 6. The van der Waals surface area contributed by atoms with Crippen LogP contribution in [0.25, 0.3) is 0 Å². The largest absolute Gasteiger partial charge is 0.342 e. The molecule has 0 aromatic carbocycles. The molecule has 3 heterocycles. The highest BCUT2D eigenvalue weighted by Gasteiger charge is 2.29. The van der Waals surface area contributed by atoms with Crippen LogP contribution in [0.1, 0.15) is 49.2 Å². The summed E-state index contributed by atoms with van der Waals surface area (Å²) in [5.41, 5.74) is 1.13. The van der Waals surface area contributed by atoms with Crippen molar-refractivity contribution in [3.05, 3.63) is 17.7 Å². The van der Waals surface area contributed by atoms with Gasteiger partial charge in [0, 0.05) is 25.2 Å². The van der Waals surface area contributed by atoms with Crippen molar-refractivity contribution in [3.63, 3.8) is 0 Å². The molecule has 1 aliphatic heterocycles. The Balaban J connectivity index is 1.26. The number of likely N-dealkylation sites (tertiary alicyclic amines) is 1. The number of aromatic amines is 1. The third-order valence-corrected chi connectivity index (χ3v) is 5.45. The van der Waals surface area contributed by atoms with Gasteiger partial charge in [0.1, 0.15) is 5.82 Å². The maximum atomic E-state index is 12.3. The number of thioether (sulfide) groups is 1. The minimum atomic E-state index is 0.151. The molecule has 1 saturated carbocycles. The van der Waals surface area contributed by atoms with Crippen LogP contribution >= 0.6 is 11.8 Å². The van der Waals surface area contributed by atoms with Gasteiger partial charge in [0.05, 0.1) is 17.5 Å². The van der Waals surface area contributed by atoms with Gasteiger partial charge in [-0.1, -0.05) is 17.0 Å². The summed E-state index contributed by atoms with van der Waals surface area (Å²) in [4.78, 5) is 18.5. The molecule has 1 saturated heterocycles. The van der Waals surface area contributed by atoms with Crippen molar-refractivity contribution in [2.45, 2.75) is 49.7 Å². The van der Waals surface area contributed by atoms with Gasteiger partial charge in [-0.3, -0.25) is 9.89 Å². The number of nitrogens with one attached hydrogen (secondary N) is 1. The van der Waals surface area contributed by atoms with Crippen molar-refractivity contribution in [2.24, 2.45) is 0 Å². The minimum Gasteiger partial charge on any atom is -0.342 e. The molecule has 0 atom stereocenters. The normalized spacial score (nSPS) is 19.0. The zero-order valence-corrected chi connectivity index (χ0v) is 14.5. The Morgan fingerprint density at radius 1 is 1.33 bits per heavy atom. The molecule has 4 rings (SSSR count). The van der Waals surface area contributed by atoms with E-state index >= 15 is 0 Å². The van der Waals surface area contributed by atoms with E-state index in [-0.39, 0.29) is 5.91 Å². The van der Waals surface area contributed by atoms with Gasteiger partial charge in [-0.05, 0) is 32.6 Å². The molecule has 8 nitrogen and oxygen atoms in total. The van der Waals surface area contributed by atoms with Crippen LogP contribution in [0, 0.1) is 6.92 Å². The Hall–Kier alpha value is -1.90. The number of hydrogen-bond donors (Lipinski definition) is 1. The predicted molar refractivity (Wildman–Crippen MR) is 88.7 cm³/mol. The van der Waals surface area contributed by atoms with Crippen molar-refractivity contribution in [1.29, 1.82) is 0 Å². The van der Waals surface area contributed by atoms with Gasteiger partial charge >= 0.3 is 0 Å². The number of aryl methyl sites for hydroxylation is 1. The first-order valence-electron chi connectivity index (χ1n) is 8.40. The molecule has 2 aliphatic rings. The van der Waals surface area contributed by atoms with Crippen LogP contribution in [0.3, 0.4) is 0 Å². The highest BCUT2D eigenvalue weighted by Crippen LogP contribution is 2.39. The molecule has 128 valence electrons. The average Bonchev–Trinajstić information content (AvgIpc) is 3.18. The lowest BCUT2D eigenvalue weighted by Gasteiger charge is -2.31. The lowest BCUT2D eigenvalue weighted by Crippen LogP contribution is -2.40. The second kappa shape index (κ2) is 6.54. The van der Waals surface area contributed by atoms with E-state index in [4.69, 9.17) is 0 Å². The average molecular weight is 347 g/mol. The standard InChI is InChI=1S/C15H21N7OS/c1-10-16-15(19-17-10)24-9-14(23)21-6-4-12(5-7-21)22-8-13(18-20-22)11-2-3-11/h8,11-12H,2-7,9H2,1H3,(H,16,17,19). The van der Waals surface area contributed by atoms with Crippen LogP contribution in [0.5, 0.6) is 0 Å². The number of H-pyrrole nitrogens is 1. The molecule has 9 heteroatoms. The van der Waals surface area contributed by atoms with Gasteiger partial charge in [0.15, 0.2) is 0 Å². The minimum absolute atomic E-state index is 0.151. The Morgan fingerprint density at radius 3 is 2.79 bits per heavy atom. The van der Waals surface area contributed by atoms with Gasteiger partial charge in [-0.15, -0.1) is 10.2 Å². The zero-order valence-electron chi connectivity index (χ0n) is 13.7. The van der Waals surface area contributed by atoms with Crippen molar-refractivity contribution < 1.29 is 4.79 Å². The van der Waals surface area contributed by atoms with Crippen LogP contribution in [0.15, 0.2) is 11.4 Å². The van der Waals surface area contributed by atoms with E-state index in [0.29, 0.717) is 22.9 Å². The van der Waals surface area contributed by atoms with Crippen LogP contribution in [-0.4, -0.2) is 59.8 Å². The summed E-state index contributed by atoms with van der Waals surface area (Å²) >= 11 is 1.38. The molecule has 2 aromatic heterocycles. The molecule has 1 amide bonds. The molecule has 2 fully saturated rings. The number of carbonyl (C=O) groups is 1. The Morgan fingerprint density at radius 2 is 2.12 bits per heavy atom. The van der Waals surface area contributed by atoms with E-state index in [0.717, 1.165) is 37.4 Å². The number of aromatic nitrogens is 6. The van der Waals surface area contributed by atoms with E-state index < -0.39 is 0 Å². The maximum Gasteiger partial charge on any atom is 0.233 e. The zero-order chi connectivity index (χ0) is 16.5. The molecule has 0 spiro atoms. The van der Waals surface area contributed by atoms with Gasteiger partial charge in [-0.25, -0.2) is 9.67 Å². The molecule has 2 aromatic rings. The topological polar surface area (TPSA) is 92.6 Å². The third-order valence-electron chi connectivity index (χ3n) is 4.62. The lowest BCUT2D eigenvalue weighted by molar-refractivity contribution is -0.129. The third kappa shape index (κ3) is 3.45. The smallest absolute Gasteiger partial charge is 0.233 e. The van der Waals surface area contributed by atoms with Crippen molar-refractivity contribution >= 4 is 17.7 Å². The first kappa shape index (κ1) is 15.6. The lowest BCUT2D eigenvalue weighted by atomic mass is 10.1. The first-order chi connectivity index (χ1) is 11.7. The fourth-order valence-corrected chi connectivity index (χ4v) is 3.77. The van der Waals surface area contributed by atoms with Crippen molar-refractivity contribution in [2.75, 3.05) is 18.8 Å². The van der Waals surface area contributed by atoms with E-state index in [1.54, 1.807) is 0 Å². The van der Waals surface area contributed by atoms with Gasteiger partial charge in [0.25, 0.3) is 0 Å². The second-order valence-corrected chi connectivity index (χ2v) is 7.44. The van der Waals surface area contributed by atoms with Crippen LogP contribution < -0.4 is 0 Å². The Labute approximate surface area is 144 Å². The quantitative estimate of drug-likeness (QED) is 0.825. The Kier molecular flexibility index (Phi) is 4.26. The number of hydrogen-bond acceptors (Lipinski definition) is 6. The molecule has 1 aliphatic carbocycles. The van der Waals surface area contributed by atoms with Gasteiger partial charge in [0.2, 0.25) is 11.1 Å². The molecular weight excluding hydrogens is 326 g/mol. The van der Waals surface area contributed by atoms with Crippen LogP contribution in [-0.2, 0) is 4.79 Å². The van der Waals surface area contributed by atoms with Gasteiger partial charge < -0.3 is 4.90 Å². The Bertz CT molecular complexity index is 715. The highest BCUT2D eigenvalue weighted by molar-refractivity contribution is 7.99. The summed E-state index contributed by atoms with van der Waals surface area (Å²) in [6.45, 7) is 3.40. The fraction of sp³-hybridized carbons (Fsp3) is 0.667. The summed E-state index contributed by atoms with van der Waals surface area (Å²) in [6.07, 6.45) is 6.45. The number of rotatable bonds is 5. The summed E-state index contributed by atoms with van der Waals surface area (Å²) in [5.74, 6) is 1.94. The summed E-state index contributed by atoms with van der Waals surface area (Å²) < 4.78 is 2.00. The number of carbonyl (C=O) groups excluding carboxylic acids is 1. The van der Waals surface area contributed by atoms with Crippen LogP contribution in [0.4, 0.5) is 0 Å². The molecule has 24 heavy (non-hydrogen) atoms. The van der Waals surface area contributed by atoms with Crippen molar-refractivity contribution in [3.8, 4) is 0 Å². The highest BCUT2D eigenvalue weighted by atomic mass is 32.2. The monoisotopic (exact) mass is 347 g/mol. The predicted octanol–water partition coefficient (Wildman–Crippen LogP) is 1.54. The summed E-state index contributed by atoms with van der Waals surface area (Å²) in [7, 11) is 0. The molecule has 0 unspecified atom stereocenters. The van der Waals surface area contributed by atoms with E-state index in [1.807, 2.05) is 16.5 Å². The summed E-state index contributed by atoms with van der Waals surface area (Å²) in [5, 5.41) is 16.0. The molecular formula is C15H21N7OS. The van der Waals surface area contributed by atoms with E-state index in [1.165, 1.54) is 24.6 Å². The number of amides is 1. The summed E-state index contributed by atoms with van der Waals surface area (Å²) in [6, 6.07) is 0.359. The maximum absolute atomic E-state index is 12.3. The molecule has 1 N–H and O–H groups in total. The van der Waals surface area contributed by atoms with Crippen molar-refractivity contribution in [1.82, 2.24) is 35.1 Å². The second-order valence-electron chi connectivity index (χ2n) is 6.50. The molecule has 0 bridgehead atoms. The molecule has 0 radical (unpaired) electrons. The SMILES string of the molecule is Cc1nc(SCC(=O)N2CCC(n3cc(C4CC4)nn3)CC2)n[nH]1. The first-order valence-corrected chi connectivity index (χ1v) is 9.39. The van der Waals surface area contributed by atoms with Crippen LogP contribution in [0.2, 0.25) is 0 Å². The number of piperidine rings is 1.